The van der Waals surface area contributed by atoms with E-state index in [-0.39, 0.29) is 18.8 Å². The smallest absolute Gasteiger partial charge is 0.351 e. The van der Waals surface area contributed by atoms with Gasteiger partial charge in [0.1, 0.15) is 17.1 Å². The molecule has 0 radical (unpaired) electrons. The molecule has 1 rings (SSSR count). The minimum atomic E-state index is -3.35. The fraction of sp³-hybridized carbons (Fsp3) is 0.600. The van der Waals surface area contributed by atoms with Crippen molar-refractivity contribution in [3.63, 3.8) is 0 Å². The summed E-state index contributed by atoms with van der Waals surface area (Å²) in [6.07, 6.45) is 0. The van der Waals surface area contributed by atoms with Crippen molar-refractivity contribution in [1.82, 2.24) is 0 Å². The molecule has 0 saturated heterocycles. The zero-order chi connectivity index (χ0) is 16.1. The van der Waals surface area contributed by atoms with E-state index in [0.29, 0.717) is 5.56 Å². The molecule has 0 aliphatic carbocycles. The molecule has 0 aromatic heterocycles. The van der Waals surface area contributed by atoms with Crippen LogP contribution in [0.1, 0.15) is 46.0 Å². The molecule has 6 heteroatoms. The van der Waals surface area contributed by atoms with E-state index in [2.05, 4.69) is 0 Å². The lowest BCUT2D eigenvalue weighted by atomic mass is 10.1. The Morgan fingerprint density at radius 2 is 1.57 bits per heavy atom. The average Bonchev–Trinajstić information content (AvgIpc) is 2.37. The highest BCUT2D eigenvalue weighted by molar-refractivity contribution is 7.54. The average molecular weight is 315 g/mol. The highest BCUT2D eigenvalue weighted by Crippen LogP contribution is 2.58. The van der Waals surface area contributed by atoms with Crippen LogP contribution in [0.3, 0.4) is 0 Å². The fourth-order valence-corrected chi connectivity index (χ4v) is 3.48. The van der Waals surface area contributed by atoms with Gasteiger partial charge in [0.15, 0.2) is 0 Å². The second-order valence-electron chi connectivity index (χ2n) is 5.60. The molecule has 1 aromatic rings. The molecule has 0 unspecified atom stereocenters. The second-order valence-corrected chi connectivity index (χ2v) is 7.76. The molecule has 0 amide bonds. The van der Waals surface area contributed by atoms with E-state index in [1.807, 2.05) is 32.9 Å². The van der Waals surface area contributed by atoms with Crippen LogP contribution in [0.15, 0.2) is 24.3 Å². The van der Waals surface area contributed by atoms with Crippen molar-refractivity contribution in [2.75, 3.05) is 13.2 Å². The van der Waals surface area contributed by atoms with E-state index in [4.69, 9.17) is 19.5 Å². The summed E-state index contributed by atoms with van der Waals surface area (Å²) in [5.74, 6) is -0.0674. The summed E-state index contributed by atoms with van der Waals surface area (Å²) in [5, 5.41) is 0. The molecule has 120 valence electrons. The maximum atomic E-state index is 12.6. The van der Waals surface area contributed by atoms with E-state index >= 15 is 0 Å². The first-order valence-electron chi connectivity index (χ1n) is 7.15. The third-order valence-electron chi connectivity index (χ3n) is 2.60. The van der Waals surface area contributed by atoms with E-state index in [9.17, 15) is 4.57 Å². The van der Waals surface area contributed by atoms with Gasteiger partial charge in [-0.25, -0.2) is 0 Å². The van der Waals surface area contributed by atoms with Crippen LogP contribution in [-0.4, -0.2) is 18.8 Å². The Kier molecular flexibility index (Phi) is 6.41. The third-order valence-corrected chi connectivity index (χ3v) is 4.82. The van der Waals surface area contributed by atoms with Gasteiger partial charge in [-0.3, -0.25) is 4.57 Å². The van der Waals surface area contributed by atoms with Crippen LogP contribution in [0, 0.1) is 0 Å². The first-order valence-corrected chi connectivity index (χ1v) is 8.76. The monoisotopic (exact) mass is 315 g/mol. The Morgan fingerprint density at radius 3 is 1.95 bits per heavy atom. The van der Waals surface area contributed by atoms with Gasteiger partial charge in [0.25, 0.3) is 0 Å². The van der Waals surface area contributed by atoms with Crippen LogP contribution in [0.2, 0.25) is 0 Å². The van der Waals surface area contributed by atoms with E-state index in [1.165, 1.54) is 0 Å². The van der Waals surface area contributed by atoms with Gasteiger partial charge in [-0.2, -0.15) is 0 Å². The number of rotatable bonds is 7. The Bertz CT molecular complexity index is 471. The van der Waals surface area contributed by atoms with Gasteiger partial charge in [0.2, 0.25) is 0 Å². The standard InChI is InChI=1S/C15H26NO4P/c1-6-18-21(17,19-7-2)14(16)12-8-10-13(11-9-12)20-15(3,4)5/h8-11,14H,6-7,16H2,1-5H3/t14-/m0/s1. The van der Waals surface area contributed by atoms with Crippen molar-refractivity contribution >= 4 is 7.60 Å². The summed E-state index contributed by atoms with van der Waals surface area (Å²) in [7, 11) is -3.35. The van der Waals surface area contributed by atoms with Crippen LogP contribution < -0.4 is 10.5 Å². The summed E-state index contributed by atoms with van der Waals surface area (Å²) in [6, 6.07) is 7.19. The van der Waals surface area contributed by atoms with Gasteiger partial charge in [0.05, 0.1) is 13.2 Å². The first-order chi connectivity index (χ1) is 9.72. The van der Waals surface area contributed by atoms with E-state index in [0.717, 1.165) is 5.75 Å². The molecule has 0 aliphatic heterocycles. The molecule has 2 N–H and O–H groups in total. The van der Waals surface area contributed by atoms with Gasteiger partial charge in [0, 0.05) is 0 Å². The summed E-state index contributed by atoms with van der Waals surface area (Å²) in [6.45, 7) is 10.0. The van der Waals surface area contributed by atoms with E-state index < -0.39 is 13.4 Å². The van der Waals surface area contributed by atoms with Crippen molar-refractivity contribution in [3.8, 4) is 5.75 Å². The molecule has 0 fully saturated rings. The van der Waals surface area contributed by atoms with Gasteiger partial charge < -0.3 is 19.5 Å². The first kappa shape index (κ1) is 18.2. The predicted molar refractivity (Wildman–Crippen MR) is 84.6 cm³/mol. The molecule has 0 saturated carbocycles. The van der Waals surface area contributed by atoms with Crippen LogP contribution >= 0.6 is 7.60 Å². The Hall–Kier alpha value is -0.870. The maximum Gasteiger partial charge on any atom is 0.351 e. The van der Waals surface area contributed by atoms with Gasteiger partial charge in [-0.1, -0.05) is 12.1 Å². The zero-order valence-electron chi connectivity index (χ0n) is 13.5. The van der Waals surface area contributed by atoms with Gasteiger partial charge in [-0.15, -0.1) is 0 Å². The van der Waals surface area contributed by atoms with Crippen LogP contribution in [0.25, 0.3) is 0 Å². The van der Waals surface area contributed by atoms with Crippen LogP contribution in [0.5, 0.6) is 5.75 Å². The molecular formula is C15H26NO4P. The maximum absolute atomic E-state index is 12.6. The summed E-state index contributed by atoms with van der Waals surface area (Å²) >= 11 is 0. The molecule has 1 aromatic carbocycles. The quantitative estimate of drug-likeness (QED) is 0.767. The third kappa shape index (κ3) is 5.44. The van der Waals surface area contributed by atoms with Crippen molar-refractivity contribution in [2.45, 2.75) is 46.0 Å². The summed E-state index contributed by atoms with van der Waals surface area (Å²) < 4.78 is 28.9. The van der Waals surface area contributed by atoms with Gasteiger partial charge >= 0.3 is 7.60 Å². The second kappa shape index (κ2) is 7.41. The molecule has 21 heavy (non-hydrogen) atoms. The van der Waals surface area contributed by atoms with Crippen LogP contribution in [0.4, 0.5) is 0 Å². The fourth-order valence-electron chi connectivity index (χ4n) is 1.83. The number of benzene rings is 1. The number of hydrogen-bond donors (Lipinski definition) is 1. The van der Waals surface area contributed by atoms with Gasteiger partial charge in [-0.05, 0) is 52.3 Å². The highest BCUT2D eigenvalue weighted by Gasteiger charge is 2.33. The Morgan fingerprint density at radius 1 is 1.10 bits per heavy atom. The van der Waals surface area contributed by atoms with Crippen molar-refractivity contribution in [1.29, 1.82) is 0 Å². The largest absolute Gasteiger partial charge is 0.488 e. The van der Waals surface area contributed by atoms with E-state index in [1.54, 1.807) is 26.0 Å². The Labute approximate surface area is 127 Å². The topological polar surface area (TPSA) is 70.8 Å². The zero-order valence-corrected chi connectivity index (χ0v) is 14.4. The van der Waals surface area contributed by atoms with Crippen molar-refractivity contribution < 1.29 is 18.3 Å². The summed E-state index contributed by atoms with van der Waals surface area (Å²) in [4.78, 5) is 0. The minimum Gasteiger partial charge on any atom is -0.488 e. The summed E-state index contributed by atoms with van der Waals surface area (Å²) in [5.41, 5.74) is 6.50. The SMILES string of the molecule is CCOP(=O)(OCC)[C@H](N)c1ccc(OC(C)(C)C)cc1. The lowest BCUT2D eigenvalue weighted by molar-refractivity contribution is 0.131. The molecule has 0 heterocycles. The molecule has 1 atom stereocenters. The highest BCUT2D eigenvalue weighted by atomic mass is 31.2. The van der Waals surface area contributed by atoms with Crippen molar-refractivity contribution in [3.05, 3.63) is 29.8 Å². The molecule has 5 nitrogen and oxygen atoms in total. The molecule has 0 aliphatic rings. The Balaban J connectivity index is 2.91. The van der Waals surface area contributed by atoms with Crippen molar-refractivity contribution in [2.24, 2.45) is 5.73 Å². The lowest BCUT2D eigenvalue weighted by Gasteiger charge is -2.24. The molecule has 0 spiro atoms. The lowest BCUT2D eigenvalue weighted by Crippen LogP contribution is -2.23. The normalized spacial score (nSPS) is 14.0. The molecular weight excluding hydrogens is 289 g/mol. The number of ether oxygens (including phenoxy) is 1. The number of hydrogen-bond acceptors (Lipinski definition) is 5. The minimum absolute atomic E-state index is 0.268. The predicted octanol–water partition coefficient (Wildman–Crippen LogP) is 4.09. The number of nitrogens with two attached hydrogens (primary N) is 1. The van der Waals surface area contributed by atoms with Crippen LogP contribution in [-0.2, 0) is 13.6 Å². The molecule has 0 bridgehead atoms.